The van der Waals surface area contributed by atoms with Crippen LogP contribution in [0.4, 0.5) is 0 Å². The van der Waals surface area contributed by atoms with Crippen molar-refractivity contribution in [2.45, 2.75) is 50.5 Å². The van der Waals surface area contributed by atoms with Crippen LogP contribution >= 0.6 is 0 Å². The molecule has 4 aliphatic carbocycles. The predicted octanol–water partition coefficient (Wildman–Crippen LogP) is 5.86. The molecule has 0 unspecified atom stereocenters. The van der Waals surface area contributed by atoms with Crippen LogP contribution in [0.15, 0.2) is 66.7 Å². The topological polar surface area (TPSA) is 61.9 Å². The van der Waals surface area contributed by atoms with E-state index in [0.29, 0.717) is 18.7 Å². The Morgan fingerprint density at radius 1 is 0.971 bits per heavy atom. The van der Waals surface area contributed by atoms with E-state index in [4.69, 9.17) is 5.10 Å². The van der Waals surface area contributed by atoms with Gasteiger partial charge >= 0.3 is 0 Å². The molecule has 3 aromatic rings. The maximum absolute atomic E-state index is 14.4. The van der Waals surface area contributed by atoms with Crippen molar-refractivity contribution in [1.29, 1.82) is 5.26 Å². The van der Waals surface area contributed by atoms with Gasteiger partial charge in [0.1, 0.15) is 5.69 Å². The standard InChI is InChI=1S/C29H30N4O/c30-12-7-13-32(29-18-21-14-22(19-29)16-23(15-21)20-29)28(34)27-17-26(24-8-3-1-4-9-24)31-33(27)25-10-5-2-6-11-25/h1-6,8-11,17,21-23H,7,13-16,18-20H2. The molecule has 0 atom stereocenters. The van der Waals surface area contributed by atoms with Crippen molar-refractivity contribution in [2.24, 2.45) is 17.8 Å². The molecule has 4 fully saturated rings. The van der Waals surface area contributed by atoms with Crippen LogP contribution in [0.3, 0.4) is 0 Å². The fourth-order valence-electron chi connectivity index (χ4n) is 7.30. The monoisotopic (exact) mass is 450 g/mol. The molecule has 5 heteroatoms. The van der Waals surface area contributed by atoms with Crippen LogP contribution in [0.25, 0.3) is 16.9 Å². The molecule has 0 aliphatic heterocycles. The second-order valence-corrected chi connectivity index (χ2v) is 10.5. The number of rotatable bonds is 6. The largest absolute Gasteiger partial charge is 0.331 e. The second-order valence-electron chi connectivity index (χ2n) is 10.5. The third-order valence-electron chi connectivity index (χ3n) is 8.27. The van der Waals surface area contributed by atoms with Crippen LogP contribution in [-0.4, -0.2) is 32.7 Å². The lowest BCUT2D eigenvalue weighted by Gasteiger charge is -2.60. The minimum atomic E-state index is -0.110. The summed E-state index contributed by atoms with van der Waals surface area (Å²) < 4.78 is 1.80. The van der Waals surface area contributed by atoms with Crippen molar-refractivity contribution in [2.75, 3.05) is 6.54 Å². The number of carbonyl (C=O) groups excluding carboxylic acids is 1. The average molecular weight is 451 g/mol. The molecule has 0 saturated heterocycles. The zero-order valence-corrected chi connectivity index (χ0v) is 19.4. The molecule has 5 nitrogen and oxygen atoms in total. The van der Waals surface area contributed by atoms with Gasteiger partial charge in [0, 0.05) is 17.6 Å². The number of para-hydroxylation sites is 1. The minimum Gasteiger partial charge on any atom is -0.331 e. The van der Waals surface area contributed by atoms with Crippen molar-refractivity contribution < 1.29 is 4.79 Å². The first kappa shape index (κ1) is 21.2. The normalized spacial score (nSPS) is 26.9. The molecule has 7 rings (SSSR count). The molecule has 1 amide bonds. The summed E-state index contributed by atoms with van der Waals surface area (Å²) in [5.41, 5.74) is 3.13. The summed E-state index contributed by atoms with van der Waals surface area (Å²) >= 11 is 0. The molecule has 4 saturated carbocycles. The molecule has 0 N–H and O–H groups in total. The fourth-order valence-corrected chi connectivity index (χ4v) is 7.30. The van der Waals surface area contributed by atoms with Crippen molar-refractivity contribution >= 4 is 5.91 Å². The van der Waals surface area contributed by atoms with Gasteiger partial charge in [0.05, 0.1) is 23.9 Å². The summed E-state index contributed by atoms with van der Waals surface area (Å²) in [6.07, 6.45) is 7.57. The Morgan fingerprint density at radius 2 is 1.56 bits per heavy atom. The van der Waals surface area contributed by atoms with Crippen LogP contribution in [0, 0.1) is 29.1 Å². The highest BCUT2D eigenvalue weighted by molar-refractivity contribution is 5.95. The molecule has 34 heavy (non-hydrogen) atoms. The molecule has 2 aromatic carbocycles. The second kappa shape index (κ2) is 8.43. The first-order chi connectivity index (χ1) is 16.6. The summed E-state index contributed by atoms with van der Waals surface area (Å²) in [7, 11) is 0. The highest BCUT2D eigenvalue weighted by Gasteiger charge is 2.54. The van der Waals surface area contributed by atoms with E-state index in [-0.39, 0.29) is 11.4 Å². The molecule has 0 spiro atoms. The Balaban J connectivity index is 1.44. The van der Waals surface area contributed by atoms with Crippen LogP contribution in [0.2, 0.25) is 0 Å². The van der Waals surface area contributed by atoms with Crippen LogP contribution in [0.1, 0.15) is 55.4 Å². The third-order valence-corrected chi connectivity index (χ3v) is 8.27. The van der Waals surface area contributed by atoms with E-state index in [2.05, 4.69) is 11.0 Å². The third kappa shape index (κ3) is 3.62. The van der Waals surface area contributed by atoms with Crippen LogP contribution < -0.4 is 0 Å². The first-order valence-electron chi connectivity index (χ1n) is 12.5. The van der Waals surface area contributed by atoms with E-state index in [1.807, 2.05) is 66.7 Å². The summed E-state index contributed by atoms with van der Waals surface area (Å²) in [6.45, 7) is 0.488. The zero-order valence-electron chi connectivity index (χ0n) is 19.4. The van der Waals surface area contributed by atoms with Gasteiger partial charge in [-0.05, 0) is 74.5 Å². The Kier molecular flexibility index (Phi) is 5.25. The highest BCUT2D eigenvalue weighted by Crippen LogP contribution is 2.58. The van der Waals surface area contributed by atoms with E-state index in [9.17, 15) is 10.1 Å². The van der Waals surface area contributed by atoms with Crippen LogP contribution in [-0.2, 0) is 0 Å². The van der Waals surface area contributed by atoms with Gasteiger partial charge in [-0.15, -0.1) is 0 Å². The first-order valence-corrected chi connectivity index (χ1v) is 12.5. The van der Waals surface area contributed by atoms with Crippen molar-refractivity contribution in [1.82, 2.24) is 14.7 Å². The molecule has 172 valence electrons. The van der Waals surface area contributed by atoms with Gasteiger partial charge < -0.3 is 4.90 Å². The number of hydrogen-bond acceptors (Lipinski definition) is 3. The SMILES string of the molecule is N#CCCN(C(=O)c1cc(-c2ccccc2)nn1-c1ccccc1)C12CC3CC(CC(C3)C1)C2. The lowest BCUT2D eigenvalue weighted by atomic mass is 9.52. The number of carbonyl (C=O) groups is 1. The van der Waals surface area contributed by atoms with Crippen molar-refractivity contribution in [3.8, 4) is 23.0 Å². The van der Waals surface area contributed by atoms with E-state index >= 15 is 0 Å². The smallest absolute Gasteiger partial charge is 0.273 e. The molecule has 1 heterocycles. The summed E-state index contributed by atoms with van der Waals surface area (Å²) in [5, 5.41) is 14.3. The molecule has 4 aliphatic rings. The quantitative estimate of drug-likeness (QED) is 0.472. The van der Waals surface area contributed by atoms with Crippen molar-refractivity contribution in [3.63, 3.8) is 0 Å². The Labute approximate surface area is 201 Å². The average Bonchev–Trinajstić information content (AvgIpc) is 3.30. The number of hydrogen-bond donors (Lipinski definition) is 0. The predicted molar refractivity (Wildman–Crippen MR) is 131 cm³/mol. The number of nitrogens with zero attached hydrogens (tertiary/aromatic N) is 4. The Bertz CT molecular complexity index is 1190. The van der Waals surface area contributed by atoms with Gasteiger partial charge in [-0.3, -0.25) is 4.79 Å². The summed E-state index contributed by atoms with van der Waals surface area (Å²) in [4.78, 5) is 16.5. The maximum Gasteiger partial charge on any atom is 0.273 e. The van der Waals surface area contributed by atoms with Gasteiger partial charge in [0.25, 0.3) is 5.91 Å². The summed E-state index contributed by atoms with van der Waals surface area (Å²) in [6, 6.07) is 24.2. The number of aromatic nitrogens is 2. The number of amides is 1. The Hall–Kier alpha value is -3.39. The van der Waals surface area contributed by atoms with Gasteiger partial charge in [0.2, 0.25) is 0 Å². The van der Waals surface area contributed by atoms with E-state index in [0.717, 1.165) is 54.0 Å². The molecule has 1 aromatic heterocycles. The number of nitriles is 1. The van der Waals surface area contributed by atoms with Gasteiger partial charge in [-0.2, -0.15) is 10.4 Å². The van der Waals surface area contributed by atoms with E-state index in [1.54, 1.807) is 4.68 Å². The minimum absolute atomic E-state index is 0.00994. The van der Waals surface area contributed by atoms with E-state index < -0.39 is 0 Å². The van der Waals surface area contributed by atoms with E-state index in [1.165, 1.54) is 19.3 Å². The zero-order chi connectivity index (χ0) is 23.1. The highest BCUT2D eigenvalue weighted by atomic mass is 16.2. The molecule has 0 radical (unpaired) electrons. The molecule has 4 bridgehead atoms. The van der Waals surface area contributed by atoms with Crippen LogP contribution in [0.5, 0.6) is 0 Å². The van der Waals surface area contributed by atoms with Crippen molar-refractivity contribution in [3.05, 3.63) is 72.4 Å². The molecular formula is C29H30N4O. The van der Waals surface area contributed by atoms with Gasteiger partial charge in [-0.25, -0.2) is 4.68 Å². The molecular weight excluding hydrogens is 420 g/mol. The lowest BCUT2D eigenvalue weighted by Crippen LogP contribution is -2.61. The number of benzene rings is 2. The van der Waals surface area contributed by atoms with Gasteiger partial charge in [0.15, 0.2) is 0 Å². The fraction of sp³-hybridized carbons (Fsp3) is 0.414. The Morgan fingerprint density at radius 3 is 2.15 bits per heavy atom. The lowest BCUT2D eigenvalue weighted by molar-refractivity contribution is -0.0743. The summed E-state index contributed by atoms with van der Waals surface area (Å²) in [5.74, 6) is 2.18. The van der Waals surface area contributed by atoms with Gasteiger partial charge in [-0.1, -0.05) is 48.5 Å². The maximum atomic E-state index is 14.4.